The van der Waals surface area contributed by atoms with Gasteiger partial charge < -0.3 is 10.2 Å². The summed E-state index contributed by atoms with van der Waals surface area (Å²) in [4.78, 5) is 1.87. The van der Waals surface area contributed by atoms with Crippen LogP contribution in [0.3, 0.4) is 0 Å². The van der Waals surface area contributed by atoms with Crippen molar-refractivity contribution in [3.05, 3.63) is 0 Å². The lowest BCUT2D eigenvalue weighted by Crippen LogP contribution is -2.67. The molecule has 0 bridgehead atoms. The Bertz CT molecular complexity index is 395. The van der Waals surface area contributed by atoms with Crippen LogP contribution in [0.15, 0.2) is 0 Å². The molecule has 0 radical (unpaired) electrons. The van der Waals surface area contributed by atoms with Crippen molar-refractivity contribution in [3.63, 3.8) is 0 Å². The highest BCUT2D eigenvalue weighted by Gasteiger charge is 2.65. The van der Waals surface area contributed by atoms with Crippen LogP contribution in [0.5, 0.6) is 0 Å². The Labute approximate surface area is 120 Å². The quantitative estimate of drug-likeness (QED) is 0.782. The van der Waals surface area contributed by atoms with Crippen LogP contribution >= 0.6 is 0 Å². The van der Waals surface area contributed by atoms with Crippen molar-refractivity contribution >= 4 is 0 Å². The lowest BCUT2D eigenvalue weighted by Gasteiger charge is -2.53. The van der Waals surface area contributed by atoms with Crippen molar-refractivity contribution in [1.29, 1.82) is 0 Å². The van der Waals surface area contributed by atoms with E-state index in [-0.39, 0.29) is 24.3 Å². The summed E-state index contributed by atoms with van der Waals surface area (Å²) in [6.07, 6.45) is 0.697. The van der Waals surface area contributed by atoms with Crippen molar-refractivity contribution in [2.45, 2.75) is 64.7 Å². The highest BCUT2D eigenvalue weighted by molar-refractivity contribution is 5.13. The fourth-order valence-corrected chi connectivity index (χ4v) is 3.61. The molecular formula is C15H27F2NO2. The number of hydrogen-bond acceptors (Lipinski definition) is 3. The van der Waals surface area contributed by atoms with Crippen molar-refractivity contribution in [2.24, 2.45) is 17.3 Å². The minimum atomic E-state index is -2.57. The van der Waals surface area contributed by atoms with Crippen LogP contribution in [0.4, 0.5) is 8.78 Å². The van der Waals surface area contributed by atoms with Gasteiger partial charge in [0.1, 0.15) is 0 Å². The molecule has 20 heavy (non-hydrogen) atoms. The first-order valence-electron chi connectivity index (χ1n) is 7.44. The van der Waals surface area contributed by atoms with Crippen LogP contribution in [0, 0.1) is 17.3 Å². The van der Waals surface area contributed by atoms with Gasteiger partial charge in [0.25, 0.3) is 5.92 Å². The summed E-state index contributed by atoms with van der Waals surface area (Å²) in [6.45, 7) is 10.2. The molecule has 118 valence electrons. The summed E-state index contributed by atoms with van der Waals surface area (Å²) in [7, 11) is 0. The van der Waals surface area contributed by atoms with Gasteiger partial charge in [-0.3, -0.25) is 4.90 Å². The summed E-state index contributed by atoms with van der Waals surface area (Å²) < 4.78 is 26.4. The maximum atomic E-state index is 13.2. The number of likely N-dealkylation sites (tertiary alicyclic amines) is 1. The smallest absolute Gasteiger partial charge is 0.252 e. The number of aliphatic hydroxyl groups is 2. The number of nitrogens with zero attached hydrogens (tertiary/aromatic N) is 1. The zero-order valence-electron chi connectivity index (χ0n) is 13.1. The monoisotopic (exact) mass is 291 g/mol. The van der Waals surface area contributed by atoms with E-state index in [9.17, 15) is 19.0 Å². The van der Waals surface area contributed by atoms with Gasteiger partial charge in [-0.25, -0.2) is 8.78 Å². The molecule has 1 aliphatic carbocycles. The van der Waals surface area contributed by atoms with E-state index >= 15 is 0 Å². The van der Waals surface area contributed by atoms with E-state index in [1.807, 2.05) is 18.7 Å². The molecule has 0 spiro atoms. The van der Waals surface area contributed by atoms with E-state index in [2.05, 4.69) is 0 Å². The zero-order valence-corrected chi connectivity index (χ0v) is 13.1. The molecule has 0 aromatic rings. The molecule has 1 aliphatic heterocycles. The molecule has 5 heteroatoms. The van der Waals surface area contributed by atoms with Crippen LogP contribution in [-0.2, 0) is 0 Å². The third-order valence-corrected chi connectivity index (χ3v) is 5.88. The minimum Gasteiger partial charge on any atom is -0.364 e. The van der Waals surface area contributed by atoms with E-state index in [1.54, 1.807) is 20.8 Å². The van der Waals surface area contributed by atoms with E-state index in [1.165, 1.54) is 0 Å². The number of hydrogen-bond donors (Lipinski definition) is 2. The SMILES string of the molecule is CC(C)C(O)(O)C1(C)N(CC2CC2(F)F)CCC1(C)C. The Kier molecular flexibility index (Phi) is 3.52. The number of halogens is 2. The molecule has 0 aromatic carbocycles. The van der Waals surface area contributed by atoms with E-state index in [0.717, 1.165) is 6.42 Å². The normalized spacial score (nSPS) is 36.6. The standard InChI is InChI=1S/C15H27F2NO2/c1-10(2)15(19,20)13(5)12(3,4)6-7-18(13)9-11-8-14(11,16)17/h10-11,19-20H,6-9H2,1-5H3. The Morgan fingerprint density at radius 1 is 1.25 bits per heavy atom. The van der Waals surface area contributed by atoms with E-state index < -0.39 is 23.2 Å². The molecular weight excluding hydrogens is 264 g/mol. The van der Waals surface area contributed by atoms with Crippen molar-refractivity contribution in [2.75, 3.05) is 13.1 Å². The van der Waals surface area contributed by atoms with Gasteiger partial charge in [0.15, 0.2) is 5.79 Å². The zero-order chi connectivity index (χ0) is 15.6. The molecule has 3 nitrogen and oxygen atoms in total. The molecule has 2 unspecified atom stereocenters. The summed E-state index contributed by atoms with van der Waals surface area (Å²) in [5, 5.41) is 21.3. The predicted octanol–water partition coefficient (Wildman–Crippen LogP) is 2.47. The first-order chi connectivity index (χ1) is 8.86. The van der Waals surface area contributed by atoms with Crippen LogP contribution < -0.4 is 0 Å². The average Bonchev–Trinajstić information content (AvgIpc) is 2.81. The maximum Gasteiger partial charge on any atom is 0.252 e. The molecule has 2 fully saturated rings. The fourth-order valence-electron chi connectivity index (χ4n) is 3.61. The minimum absolute atomic E-state index is 0.0778. The first kappa shape index (κ1) is 16.1. The lowest BCUT2D eigenvalue weighted by molar-refractivity contribution is -0.283. The maximum absolute atomic E-state index is 13.2. The first-order valence-corrected chi connectivity index (χ1v) is 7.44. The Morgan fingerprint density at radius 2 is 1.75 bits per heavy atom. The van der Waals surface area contributed by atoms with Gasteiger partial charge in [0.2, 0.25) is 0 Å². The summed E-state index contributed by atoms with van der Waals surface area (Å²) >= 11 is 0. The van der Waals surface area contributed by atoms with Gasteiger partial charge >= 0.3 is 0 Å². The van der Waals surface area contributed by atoms with Crippen LogP contribution in [0.25, 0.3) is 0 Å². The van der Waals surface area contributed by atoms with Crippen molar-refractivity contribution in [3.8, 4) is 0 Å². The summed E-state index contributed by atoms with van der Waals surface area (Å²) in [6, 6.07) is 0. The summed E-state index contributed by atoms with van der Waals surface area (Å²) in [5.41, 5.74) is -1.27. The van der Waals surface area contributed by atoms with Crippen LogP contribution in [0.2, 0.25) is 0 Å². The highest BCUT2D eigenvalue weighted by atomic mass is 19.3. The van der Waals surface area contributed by atoms with Crippen molar-refractivity contribution in [1.82, 2.24) is 4.90 Å². The Balaban J connectivity index is 2.28. The van der Waals surface area contributed by atoms with Gasteiger partial charge in [-0.05, 0) is 25.3 Å². The molecule has 2 N–H and O–H groups in total. The summed E-state index contributed by atoms with van der Waals surface area (Å²) in [5.74, 6) is -5.48. The van der Waals surface area contributed by atoms with Crippen LogP contribution in [-0.4, -0.2) is 45.5 Å². The Hall–Kier alpha value is -0.260. The molecule has 0 amide bonds. The molecule has 0 aromatic heterocycles. The third kappa shape index (κ3) is 2.09. The van der Waals surface area contributed by atoms with Gasteiger partial charge in [0.05, 0.1) is 5.54 Å². The highest BCUT2D eigenvalue weighted by Crippen LogP contribution is 2.55. The molecule has 1 saturated carbocycles. The van der Waals surface area contributed by atoms with E-state index in [4.69, 9.17) is 0 Å². The van der Waals surface area contributed by atoms with Gasteiger partial charge in [-0.2, -0.15) is 0 Å². The topological polar surface area (TPSA) is 43.7 Å². The van der Waals surface area contributed by atoms with Gasteiger partial charge in [-0.15, -0.1) is 0 Å². The van der Waals surface area contributed by atoms with Crippen LogP contribution in [0.1, 0.15) is 47.5 Å². The second-order valence-electron chi connectivity index (χ2n) is 7.70. The lowest BCUT2D eigenvalue weighted by atomic mass is 9.66. The average molecular weight is 291 g/mol. The second-order valence-corrected chi connectivity index (χ2v) is 7.70. The molecule has 2 rings (SSSR count). The van der Waals surface area contributed by atoms with Gasteiger partial charge in [0, 0.05) is 24.8 Å². The predicted molar refractivity (Wildman–Crippen MR) is 73.4 cm³/mol. The van der Waals surface area contributed by atoms with E-state index in [0.29, 0.717) is 6.54 Å². The fraction of sp³-hybridized carbons (Fsp3) is 1.00. The van der Waals surface area contributed by atoms with Gasteiger partial charge in [-0.1, -0.05) is 27.7 Å². The molecule has 2 aliphatic rings. The van der Waals surface area contributed by atoms with Crippen molar-refractivity contribution < 1.29 is 19.0 Å². The number of alkyl halides is 2. The molecule has 1 saturated heterocycles. The molecule has 1 heterocycles. The molecule has 2 atom stereocenters. The largest absolute Gasteiger partial charge is 0.364 e. The number of rotatable bonds is 4. The third-order valence-electron chi connectivity index (χ3n) is 5.88. The second kappa shape index (κ2) is 4.37. The Morgan fingerprint density at radius 3 is 2.15 bits per heavy atom.